The normalized spacial score (nSPS) is 11.4. The van der Waals surface area contributed by atoms with Crippen molar-refractivity contribution in [1.82, 2.24) is 4.90 Å². The molecule has 2 N–H and O–H groups in total. The van der Waals surface area contributed by atoms with Crippen molar-refractivity contribution in [2.45, 2.75) is 19.9 Å². The zero-order valence-electron chi connectivity index (χ0n) is 12.0. The monoisotopic (exact) mass is 314 g/mol. The molecule has 0 saturated carbocycles. The molecule has 0 atom stereocenters. The molecule has 0 aromatic carbocycles. The molecule has 6 heteroatoms. The fourth-order valence-corrected chi connectivity index (χ4v) is 2.98. The molecule has 1 amide bonds. The SMILES string of the molecule is CC/C=C(/CN(Cc1cccs1)C(=O)OCCN)SC. The van der Waals surface area contributed by atoms with Crippen LogP contribution in [0.2, 0.25) is 0 Å². The Bertz CT molecular complexity index is 419. The number of rotatable bonds is 8. The van der Waals surface area contributed by atoms with E-state index in [0.717, 1.165) is 11.3 Å². The van der Waals surface area contributed by atoms with Gasteiger partial charge in [0, 0.05) is 16.3 Å². The molecule has 0 saturated heterocycles. The molecule has 0 radical (unpaired) electrons. The van der Waals surface area contributed by atoms with Crippen molar-refractivity contribution in [3.05, 3.63) is 33.4 Å². The lowest BCUT2D eigenvalue weighted by molar-refractivity contribution is 0.107. The van der Waals surface area contributed by atoms with Crippen LogP contribution in [0.3, 0.4) is 0 Å². The summed E-state index contributed by atoms with van der Waals surface area (Å²) in [6.07, 6.45) is 4.82. The first-order valence-electron chi connectivity index (χ1n) is 6.58. The summed E-state index contributed by atoms with van der Waals surface area (Å²) in [5.74, 6) is 0. The Kier molecular flexibility index (Phi) is 8.41. The highest BCUT2D eigenvalue weighted by atomic mass is 32.2. The van der Waals surface area contributed by atoms with E-state index < -0.39 is 0 Å². The number of thioether (sulfide) groups is 1. The molecule has 0 aliphatic rings. The van der Waals surface area contributed by atoms with E-state index in [1.165, 1.54) is 4.91 Å². The second-order valence-electron chi connectivity index (χ2n) is 4.12. The molecule has 4 nitrogen and oxygen atoms in total. The van der Waals surface area contributed by atoms with Crippen molar-refractivity contribution in [1.29, 1.82) is 0 Å². The molecule has 20 heavy (non-hydrogen) atoms. The minimum absolute atomic E-state index is 0.256. The molecule has 0 fully saturated rings. The van der Waals surface area contributed by atoms with Gasteiger partial charge in [-0.1, -0.05) is 19.1 Å². The highest BCUT2D eigenvalue weighted by molar-refractivity contribution is 8.02. The van der Waals surface area contributed by atoms with Gasteiger partial charge in [0.15, 0.2) is 0 Å². The van der Waals surface area contributed by atoms with E-state index in [9.17, 15) is 4.79 Å². The third-order valence-corrected chi connectivity index (χ3v) is 4.25. The smallest absolute Gasteiger partial charge is 0.410 e. The van der Waals surface area contributed by atoms with Crippen LogP contribution in [0.1, 0.15) is 18.2 Å². The number of carbonyl (C=O) groups is 1. The number of carbonyl (C=O) groups excluding carboxylic acids is 1. The van der Waals surface area contributed by atoms with Crippen LogP contribution in [0, 0.1) is 0 Å². The maximum atomic E-state index is 12.1. The van der Waals surface area contributed by atoms with Gasteiger partial charge >= 0.3 is 6.09 Å². The summed E-state index contributed by atoms with van der Waals surface area (Å²) in [6.45, 7) is 3.84. The molecule has 1 aromatic heterocycles. The third kappa shape index (κ3) is 5.98. The Morgan fingerprint density at radius 3 is 2.95 bits per heavy atom. The van der Waals surface area contributed by atoms with Gasteiger partial charge in [0.05, 0.1) is 13.1 Å². The lowest BCUT2D eigenvalue weighted by atomic mass is 10.3. The number of amides is 1. The second-order valence-corrected chi connectivity index (χ2v) is 6.09. The molecule has 1 aromatic rings. The van der Waals surface area contributed by atoms with Crippen molar-refractivity contribution < 1.29 is 9.53 Å². The maximum Gasteiger partial charge on any atom is 0.410 e. The zero-order chi connectivity index (χ0) is 14.8. The lowest BCUT2D eigenvalue weighted by Gasteiger charge is -2.22. The van der Waals surface area contributed by atoms with E-state index in [-0.39, 0.29) is 12.7 Å². The second kappa shape index (κ2) is 9.85. The van der Waals surface area contributed by atoms with Gasteiger partial charge in [0.1, 0.15) is 6.61 Å². The largest absolute Gasteiger partial charge is 0.448 e. The van der Waals surface area contributed by atoms with E-state index in [1.807, 2.05) is 23.8 Å². The van der Waals surface area contributed by atoms with Gasteiger partial charge in [-0.3, -0.25) is 4.90 Å². The molecule has 0 unspecified atom stereocenters. The fourth-order valence-electron chi connectivity index (χ4n) is 1.64. The minimum Gasteiger partial charge on any atom is -0.448 e. The Labute approximate surface area is 129 Å². The Balaban J connectivity index is 2.72. The van der Waals surface area contributed by atoms with Gasteiger partial charge in [-0.25, -0.2) is 4.79 Å². The van der Waals surface area contributed by atoms with Crippen LogP contribution in [-0.4, -0.2) is 36.9 Å². The summed E-state index contributed by atoms with van der Waals surface area (Å²) < 4.78 is 5.16. The summed E-state index contributed by atoms with van der Waals surface area (Å²) >= 11 is 3.31. The van der Waals surface area contributed by atoms with Crippen LogP contribution in [0.5, 0.6) is 0 Å². The standard InChI is InChI=1S/C14H22N2O2S2/c1-3-5-12(19-2)10-16(14(17)18-8-7-15)11-13-6-4-9-20-13/h4-6,9H,3,7-8,10-11,15H2,1-2H3/b12-5-. The molecule has 1 rings (SSSR count). The summed E-state index contributed by atoms with van der Waals surface area (Å²) in [5.41, 5.74) is 5.38. The van der Waals surface area contributed by atoms with E-state index in [0.29, 0.717) is 19.6 Å². The van der Waals surface area contributed by atoms with Crippen molar-refractivity contribution in [2.75, 3.05) is 26.0 Å². The van der Waals surface area contributed by atoms with Crippen molar-refractivity contribution in [3.63, 3.8) is 0 Å². The highest BCUT2D eigenvalue weighted by Gasteiger charge is 2.17. The van der Waals surface area contributed by atoms with Crippen LogP contribution in [-0.2, 0) is 11.3 Å². The Morgan fingerprint density at radius 2 is 2.40 bits per heavy atom. The average Bonchev–Trinajstić information content (AvgIpc) is 2.96. The van der Waals surface area contributed by atoms with Crippen molar-refractivity contribution in [2.24, 2.45) is 5.73 Å². The summed E-state index contributed by atoms with van der Waals surface area (Å²) in [5, 5.41) is 2.01. The van der Waals surface area contributed by atoms with Gasteiger partial charge < -0.3 is 10.5 Å². The number of nitrogens with zero attached hydrogens (tertiary/aromatic N) is 1. The molecular weight excluding hydrogens is 292 g/mol. The molecule has 0 aliphatic carbocycles. The first-order valence-corrected chi connectivity index (χ1v) is 8.68. The molecule has 0 spiro atoms. The molecule has 0 aliphatic heterocycles. The summed E-state index contributed by atoms with van der Waals surface area (Å²) in [7, 11) is 0. The Morgan fingerprint density at radius 1 is 1.60 bits per heavy atom. The van der Waals surface area contributed by atoms with Crippen molar-refractivity contribution in [3.8, 4) is 0 Å². The van der Waals surface area contributed by atoms with Crippen LogP contribution in [0.4, 0.5) is 4.79 Å². The number of ether oxygens (including phenoxy) is 1. The summed E-state index contributed by atoms with van der Waals surface area (Å²) in [4.78, 5) is 16.1. The van der Waals surface area contributed by atoms with Crippen LogP contribution in [0.15, 0.2) is 28.5 Å². The highest BCUT2D eigenvalue weighted by Crippen LogP contribution is 2.18. The van der Waals surface area contributed by atoms with Gasteiger partial charge in [-0.15, -0.1) is 23.1 Å². The van der Waals surface area contributed by atoms with Crippen LogP contribution >= 0.6 is 23.1 Å². The quantitative estimate of drug-likeness (QED) is 0.800. The molecular formula is C14H22N2O2S2. The Hall–Kier alpha value is -0.980. The predicted octanol–water partition coefficient (Wildman–Crippen LogP) is 3.30. The first-order chi connectivity index (χ1) is 9.71. The number of hydrogen-bond donors (Lipinski definition) is 1. The molecule has 0 bridgehead atoms. The minimum atomic E-state index is -0.306. The molecule has 1 heterocycles. The van der Waals surface area contributed by atoms with Crippen molar-refractivity contribution >= 4 is 29.2 Å². The maximum absolute atomic E-state index is 12.1. The van der Waals surface area contributed by atoms with Gasteiger partial charge in [-0.05, 0) is 24.1 Å². The third-order valence-electron chi connectivity index (χ3n) is 2.57. The predicted molar refractivity (Wildman–Crippen MR) is 87.0 cm³/mol. The number of nitrogens with two attached hydrogens (primary N) is 1. The number of allylic oxidation sites excluding steroid dienone is 1. The fraction of sp³-hybridized carbons (Fsp3) is 0.500. The van der Waals surface area contributed by atoms with E-state index in [2.05, 4.69) is 13.0 Å². The van der Waals surface area contributed by atoms with E-state index >= 15 is 0 Å². The first kappa shape index (κ1) is 17.1. The summed E-state index contributed by atoms with van der Waals surface area (Å²) in [6, 6.07) is 4.01. The van der Waals surface area contributed by atoms with E-state index in [1.54, 1.807) is 28.0 Å². The molecule has 112 valence electrons. The number of thiophene rings is 1. The topological polar surface area (TPSA) is 55.6 Å². The average molecular weight is 314 g/mol. The van der Waals surface area contributed by atoms with Crippen LogP contribution < -0.4 is 5.73 Å². The zero-order valence-corrected chi connectivity index (χ0v) is 13.6. The van der Waals surface area contributed by atoms with Gasteiger partial charge in [0.2, 0.25) is 0 Å². The van der Waals surface area contributed by atoms with Crippen LogP contribution in [0.25, 0.3) is 0 Å². The lowest BCUT2D eigenvalue weighted by Crippen LogP contribution is -2.33. The van der Waals surface area contributed by atoms with Gasteiger partial charge in [0.25, 0.3) is 0 Å². The van der Waals surface area contributed by atoms with E-state index in [4.69, 9.17) is 10.5 Å². The number of hydrogen-bond acceptors (Lipinski definition) is 5. The van der Waals surface area contributed by atoms with Gasteiger partial charge in [-0.2, -0.15) is 0 Å².